The highest BCUT2D eigenvalue weighted by Crippen LogP contribution is 2.57. The van der Waals surface area contributed by atoms with Crippen molar-refractivity contribution in [3.05, 3.63) is 544 Å². The van der Waals surface area contributed by atoms with Crippen LogP contribution in [0.2, 0.25) is 0 Å². The molecule has 698 valence electrons. The standard InChI is InChI=1S/C73H50N2S.C69H48N2S/c1-73(2)68-45-55(37-40-63(68)64-41-38-56(46-69(64)73)75(52-17-4-3-5-18-52)70-25-14-16-50-15-6-7-19-57(50)70)74(54-36-39-62-60-22-9-8-20-58(60)59-21-10-11-23-61(59)66(62)44-54)53-34-31-48(32-35-53)47-27-29-49(30-28-47)51-33-42-72-67(43-51)65-24-12-13-26-71(65)76-72;1-69(2)65-43-53(70(49-15-5-3-6-16-49)50-17-7-4-8-18-50)35-38-60(65)61-39-36-54(44-66(61)69)71(52-34-37-59-57-21-10-9-19-55(57)56-20-11-12-22-58(56)63(59)42-52)51-32-29-46(30-33-51)45-25-27-47(28-26-45)48-31-40-68-64(41-48)62-23-13-14-24-67(62)72-68/h3-46H,1-2H3;3-44H,1-2H3. The molecule has 0 radical (unpaired) electrons. The van der Waals surface area contributed by atoms with Crippen molar-refractivity contribution in [1.29, 1.82) is 0 Å². The maximum Gasteiger partial charge on any atom is 0.0540 e. The second-order valence-electron chi connectivity index (χ2n) is 40.5. The van der Waals surface area contributed by atoms with Gasteiger partial charge in [-0.1, -0.05) is 373 Å². The maximum absolute atomic E-state index is 2.46. The number of nitrogens with zero attached hydrogens (tertiary/aromatic N) is 4. The normalized spacial score (nSPS) is 12.7. The predicted molar refractivity (Wildman–Crippen MR) is 637 cm³/mol. The molecule has 0 atom stereocenters. The van der Waals surface area contributed by atoms with Crippen molar-refractivity contribution in [3.63, 3.8) is 0 Å². The molecular weight excluding hydrogens is 1830 g/mol. The first-order valence-corrected chi connectivity index (χ1v) is 52.8. The van der Waals surface area contributed by atoms with Crippen LogP contribution in [0, 0.1) is 0 Å². The quantitative estimate of drug-likeness (QED) is 0.0894. The molecule has 0 spiro atoms. The minimum atomic E-state index is -0.290. The van der Waals surface area contributed by atoms with Crippen molar-refractivity contribution in [3.8, 4) is 66.8 Å². The van der Waals surface area contributed by atoms with Crippen LogP contribution in [-0.4, -0.2) is 0 Å². The van der Waals surface area contributed by atoms with Gasteiger partial charge < -0.3 is 19.6 Å². The van der Waals surface area contributed by atoms with Crippen LogP contribution >= 0.6 is 22.7 Å². The van der Waals surface area contributed by atoms with E-state index >= 15 is 0 Å². The molecule has 6 heteroatoms. The Hall–Kier alpha value is -18.0. The van der Waals surface area contributed by atoms with E-state index in [9.17, 15) is 0 Å². The molecule has 148 heavy (non-hydrogen) atoms. The third-order valence-electron chi connectivity index (χ3n) is 31.4. The maximum atomic E-state index is 2.46. The second-order valence-corrected chi connectivity index (χ2v) is 42.7. The molecule has 0 amide bonds. The third-order valence-corrected chi connectivity index (χ3v) is 33.8. The van der Waals surface area contributed by atoms with Crippen LogP contribution in [0.15, 0.2) is 522 Å². The average Bonchev–Trinajstić information content (AvgIpc) is 1.51. The van der Waals surface area contributed by atoms with Crippen LogP contribution in [0.25, 0.3) is 183 Å². The predicted octanol–water partition coefficient (Wildman–Crippen LogP) is 41.3. The molecule has 2 aliphatic carbocycles. The number of hydrogen-bond donors (Lipinski definition) is 0. The fourth-order valence-corrected chi connectivity index (χ4v) is 26.3. The highest BCUT2D eigenvalue weighted by molar-refractivity contribution is 7.26. The summed E-state index contributed by atoms with van der Waals surface area (Å²) in [5, 5.41) is 22.9. The van der Waals surface area contributed by atoms with Gasteiger partial charge in [0, 0.05) is 119 Å². The van der Waals surface area contributed by atoms with Crippen LogP contribution in [0.3, 0.4) is 0 Å². The molecule has 4 nitrogen and oxygen atoms in total. The number of anilines is 12. The highest BCUT2D eigenvalue weighted by atomic mass is 32.1. The van der Waals surface area contributed by atoms with Crippen molar-refractivity contribution in [1.82, 2.24) is 0 Å². The molecular formula is C142H98N4S2. The molecule has 25 aromatic carbocycles. The number of hydrogen-bond acceptors (Lipinski definition) is 6. The summed E-state index contributed by atoms with van der Waals surface area (Å²) in [6, 6.07) is 193. The van der Waals surface area contributed by atoms with Crippen molar-refractivity contribution in [2.75, 3.05) is 19.6 Å². The van der Waals surface area contributed by atoms with Gasteiger partial charge in [-0.05, 0) is 335 Å². The SMILES string of the molecule is CC1(C)c2cc(N(c3ccc(-c4ccc(-c5ccc6sc7ccccc7c6c5)cc4)cc3)c3ccc4c5ccccc5c5ccccc5c4c3)ccc2-c2ccc(N(c3ccccc3)c3cccc4ccccc34)cc21.CC1(C)c2cc(N(c3ccccc3)c3ccccc3)ccc2-c2ccc(N(c3ccc(-c4ccc(-c5ccc6sc7ccccc7c6c5)cc4)cc3)c3ccc4c5ccccc5c5ccccc5c4c3)cc21. The number of benzene rings is 25. The molecule has 0 N–H and O–H groups in total. The van der Waals surface area contributed by atoms with Crippen molar-refractivity contribution < 1.29 is 0 Å². The summed E-state index contributed by atoms with van der Waals surface area (Å²) in [6.45, 7) is 9.58. The zero-order valence-corrected chi connectivity index (χ0v) is 83.9. The molecule has 0 fully saturated rings. The Morgan fingerprint density at radius 2 is 0.372 bits per heavy atom. The summed E-state index contributed by atoms with van der Waals surface area (Å²) in [7, 11) is 0. The van der Waals surface area contributed by atoms with Crippen molar-refractivity contribution in [2.24, 2.45) is 0 Å². The first-order chi connectivity index (χ1) is 72.9. The number of fused-ring (bicyclic) bond motifs is 25. The van der Waals surface area contributed by atoms with Gasteiger partial charge in [-0.15, -0.1) is 22.7 Å². The first-order valence-electron chi connectivity index (χ1n) is 51.2. The average molecular weight is 1920 g/mol. The summed E-state index contributed by atoms with van der Waals surface area (Å²) in [6.07, 6.45) is 0. The molecule has 0 bridgehead atoms. The highest BCUT2D eigenvalue weighted by Gasteiger charge is 2.40. The summed E-state index contributed by atoms with van der Waals surface area (Å²) < 4.78 is 5.32. The van der Waals surface area contributed by atoms with Crippen LogP contribution in [0.5, 0.6) is 0 Å². The van der Waals surface area contributed by atoms with E-state index in [1.165, 1.54) is 205 Å². The molecule has 27 aromatic rings. The smallest absolute Gasteiger partial charge is 0.0540 e. The first kappa shape index (κ1) is 87.7. The van der Waals surface area contributed by atoms with Gasteiger partial charge in [0.1, 0.15) is 0 Å². The Balaban J connectivity index is 0.000000143. The minimum absolute atomic E-state index is 0.265. The lowest BCUT2D eigenvalue weighted by Gasteiger charge is -2.30. The Morgan fingerprint density at radius 1 is 0.142 bits per heavy atom. The van der Waals surface area contributed by atoms with Crippen LogP contribution in [0.1, 0.15) is 49.9 Å². The van der Waals surface area contributed by atoms with Gasteiger partial charge >= 0.3 is 0 Å². The lowest BCUT2D eigenvalue weighted by atomic mass is 9.82. The zero-order valence-electron chi connectivity index (χ0n) is 82.3. The van der Waals surface area contributed by atoms with E-state index in [0.717, 1.165) is 68.2 Å². The van der Waals surface area contributed by atoms with Crippen LogP contribution in [0.4, 0.5) is 68.2 Å². The van der Waals surface area contributed by atoms with Gasteiger partial charge in [-0.3, -0.25) is 0 Å². The molecule has 0 aliphatic heterocycles. The molecule has 2 heterocycles. The molecule has 29 rings (SSSR count). The van der Waals surface area contributed by atoms with E-state index < -0.39 is 0 Å². The topological polar surface area (TPSA) is 13.0 Å². The van der Waals surface area contributed by atoms with Gasteiger partial charge in [-0.25, -0.2) is 0 Å². The second kappa shape index (κ2) is 35.5. The summed E-state index contributed by atoms with van der Waals surface area (Å²) in [5.74, 6) is 0. The van der Waals surface area contributed by atoms with Gasteiger partial charge in [-0.2, -0.15) is 0 Å². The Morgan fingerprint density at radius 3 is 0.730 bits per heavy atom. The van der Waals surface area contributed by atoms with Crippen LogP contribution in [-0.2, 0) is 10.8 Å². The minimum Gasteiger partial charge on any atom is -0.310 e. The molecule has 2 aliphatic rings. The van der Waals surface area contributed by atoms with E-state index in [1.54, 1.807) is 0 Å². The zero-order chi connectivity index (χ0) is 98.4. The van der Waals surface area contributed by atoms with Gasteiger partial charge in [0.05, 0.1) is 5.69 Å². The lowest BCUT2D eigenvalue weighted by Crippen LogP contribution is -2.17. The molecule has 0 unspecified atom stereocenters. The largest absolute Gasteiger partial charge is 0.310 e. The summed E-state index contributed by atoms with van der Waals surface area (Å²) >= 11 is 3.73. The monoisotopic (exact) mass is 1920 g/mol. The summed E-state index contributed by atoms with van der Waals surface area (Å²) in [5.41, 5.74) is 33.1. The van der Waals surface area contributed by atoms with E-state index in [-0.39, 0.29) is 10.8 Å². The van der Waals surface area contributed by atoms with Crippen LogP contribution < -0.4 is 19.6 Å². The van der Waals surface area contributed by atoms with E-state index in [2.05, 4.69) is 569 Å². The van der Waals surface area contributed by atoms with Gasteiger partial charge in [0.2, 0.25) is 0 Å². The molecule has 2 aromatic heterocycles. The molecule has 0 saturated carbocycles. The van der Waals surface area contributed by atoms with Crippen molar-refractivity contribution in [2.45, 2.75) is 38.5 Å². The third kappa shape index (κ3) is 14.8. The lowest BCUT2D eigenvalue weighted by molar-refractivity contribution is 0.660. The number of para-hydroxylation sites is 3. The fourth-order valence-electron chi connectivity index (χ4n) is 24.1. The van der Waals surface area contributed by atoms with Crippen molar-refractivity contribution >= 4 is 207 Å². The number of thiophene rings is 2. The Kier molecular flexibility index (Phi) is 21.0. The Bertz CT molecular complexity index is 9870. The summed E-state index contributed by atoms with van der Waals surface area (Å²) in [4.78, 5) is 9.71. The van der Waals surface area contributed by atoms with E-state index in [4.69, 9.17) is 0 Å². The number of rotatable bonds is 16. The van der Waals surface area contributed by atoms with Gasteiger partial charge in [0.25, 0.3) is 0 Å². The Labute approximate surface area is 868 Å². The molecule has 0 saturated heterocycles. The van der Waals surface area contributed by atoms with E-state index in [1.807, 2.05) is 22.7 Å². The van der Waals surface area contributed by atoms with Gasteiger partial charge in [0.15, 0.2) is 0 Å². The van der Waals surface area contributed by atoms with E-state index in [0.29, 0.717) is 0 Å². The fraction of sp³-hybridized carbons (Fsp3) is 0.0423.